The lowest BCUT2D eigenvalue weighted by Crippen LogP contribution is -2.37. The number of amides is 1. The number of likely N-dealkylation sites (tertiary alicyclic amines) is 1. The van der Waals surface area contributed by atoms with Gasteiger partial charge in [0, 0.05) is 30.6 Å². The van der Waals surface area contributed by atoms with Gasteiger partial charge in [0.05, 0.1) is 0 Å². The van der Waals surface area contributed by atoms with Gasteiger partial charge in [-0.1, -0.05) is 6.92 Å². The molecule has 1 unspecified atom stereocenters. The van der Waals surface area contributed by atoms with Crippen molar-refractivity contribution in [1.29, 1.82) is 0 Å². The van der Waals surface area contributed by atoms with E-state index in [1.54, 1.807) is 0 Å². The largest absolute Gasteiger partial charge is 0.444 e. The van der Waals surface area contributed by atoms with Gasteiger partial charge in [0.1, 0.15) is 12.6 Å². The number of aromatic nitrogens is 1. The van der Waals surface area contributed by atoms with Crippen molar-refractivity contribution < 1.29 is 14.1 Å². The Kier molecular flexibility index (Phi) is 3.76. The van der Waals surface area contributed by atoms with Crippen LogP contribution in [0.2, 0.25) is 0 Å². The first-order chi connectivity index (χ1) is 9.20. The lowest BCUT2D eigenvalue weighted by atomic mass is 9.82. The molecule has 0 aromatic carbocycles. The average molecular weight is 277 g/mol. The number of hydrogen-bond acceptors (Lipinski definition) is 2. The molecule has 1 amide bonds. The van der Waals surface area contributed by atoms with Crippen LogP contribution >= 0.6 is 0 Å². The maximum absolute atomic E-state index is 12.1. The molecule has 2 heterocycles. The third-order valence-electron chi connectivity index (χ3n) is 3.80. The van der Waals surface area contributed by atoms with Gasteiger partial charge in [0.15, 0.2) is 12.4 Å². The van der Waals surface area contributed by atoms with E-state index in [2.05, 4.69) is 31.5 Å². The quantitative estimate of drug-likeness (QED) is 0.739. The normalized spacial score (nSPS) is 22.9. The van der Waals surface area contributed by atoms with Crippen molar-refractivity contribution >= 4 is 6.09 Å². The molecule has 20 heavy (non-hydrogen) atoms. The SMILES string of the molecule is C[n+]1ccc(C2(C)CCN(C(=O)OC(C)(C)C)C2)cc1. The molecule has 1 aliphatic rings. The van der Waals surface area contributed by atoms with Gasteiger partial charge in [0.25, 0.3) is 0 Å². The summed E-state index contributed by atoms with van der Waals surface area (Å²) in [5.74, 6) is 0. The summed E-state index contributed by atoms with van der Waals surface area (Å²) in [6.45, 7) is 9.39. The van der Waals surface area contributed by atoms with E-state index in [0.29, 0.717) is 0 Å². The molecule has 0 radical (unpaired) electrons. The highest BCUT2D eigenvalue weighted by molar-refractivity contribution is 5.69. The van der Waals surface area contributed by atoms with Crippen LogP contribution in [0.3, 0.4) is 0 Å². The second kappa shape index (κ2) is 5.08. The molecule has 0 aliphatic carbocycles. The predicted octanol–water partition coefficient (Wildman–Crippen LogP) is 2.41. The fourth-order valence-corrected chi connectivity index (χ4v) is 2.58. The number of aryl methyl sites for hydroxylation is 1. The van der Waals surface area contributed by atoms with Crippen molar-refractivity contribution in [3.63, 3.8) is 0 Å². The van der Waals surface area contributed by atoms with Gasteiger partial charge in [-0.3, -0.25) is 0 Å². The zero-order chi connectivity index (χ0) is 15.0. The smallest absolute Gasteiger partial charge is 0.410 e. The zero-order valence-electron chi connectivity index (χ0n) is 13.1. The van der Waals surface area contributed by atoms with Crippen molar-refractivity contribution in [2.45, 2.75) is 45.1 Å². The highest BCUT2D eigenvalue weighted by Gasteiger charge is 2.39. The van der Waals surface area contributed by atoms with E-state index in [9.17, 15) is 4.79 Å². The Bertz CT molecular complexity index is 490. The molecule has 0 saturated carbocycles. The zero-order valence-corrected chi connectivity index (χ0v) is 13.1. The summed E-state index contributed by atoms with van der Waals surface area (Å²) in [5, 5.41) is 0. The van der Waals surface area contributed by atoms with Crippen LogP contribution in [0.5, 0.6) is 0 Å². The first kappa shape index (κ1) is 14.8. The standard InChI is InChI=1S/C16H25N2O2/c1-15(2,3)20-14(19)18-11-8-16(4,12-18)13-6-9-17(5)10-7-13/h6-7,9-10H,8,11-12H2,1-5H3/q+1. The highest BCUT2D eigenvalue weighted by Crippen LogP contribution is 2.34. The van der Waals surface area contributed by atoms with Crippen LogP contribution in [-0.2, 0) is 17.2 Å². The molecule has 1 saturated heterocycles. The molecule has 1 aliphatic heterocycles. The fraction of sp³-hybridized carbons (Fsp3) is 0.625. The minimum atomic E-state index is -0.434. The molecule has 2 rings (SSSR count). The lowest BCUT2D eigenvalue weighted by Gasteiger charge is -2.27. The summed E-state index contributed by atoms with van der Waals surface area (Å²) in [5.41, 5.74) is 0.864. The van der Waals surface area contributed by atoms with Crippen LogP contribution in [-0.4, -0.2) is 29.7 Å². The molecule has 0 N–H and O–H groups in total. The molecule has 1 fully saturated rings. The molecule has 4 nitrogen and oxygen atoms in total. The van der Waals surface area contributed by atoms with Gasteiger partial charge in [-0.15, -0.1) is 0 Å². The molecule has 110 valence electrons. The third kappa shape index (κ3) is 3.30. The third-order valence-corrected chi connectivity index (χ3v) is 3.80. The van der Waals surface area contributed by atoms with Gasteiger partial charge >= 0.3 is 6.09 Å². The maximum Gasteiger partial charge on any atom is 0.410 e. The predicted molar refractivity (Wildman–Crippen MR) is 77.4 cm³/mol. The Morgan fingerprint density at radius 3 is 2.50 bits per heavy atom. The van der Waals surface area contributed by atoms with E-state index < -0.39 is 5.60 Å². The molecular formula is C16H25N2O2+. The van der Waals surface area contributed by atoms with Gasteiger partial charge in [-0.05, 0) is 32.8 Å². The minimum Gasteiger partial charge on any atom is -0.444 e. The number of rotatable bonds is 1. The Morgan fingerprint density at radius 2 is 1.95 bits per heavy atom. The average Bonchev–Trinajstić information content (AvgIpc) is 2.72. The summed E-state index contributed by atoms with van der Waals surface area (Å²) in [4.78, 5) is 14.0. The van der Waals surface area contributed by atoms with E-state index >= 15 is 0 Å². The number of ether oxygens (including phenoxy) is 1. The maximum atomic E-state index is 12.1. The van der Waals surface area contributed by atoms with Crippen molar-refractivity contribution in [1.82, 2.24) is 4.90 Å². The number of carbonyl (C=O) groups excluding carboxylic acids is 1. The van der Waals surface area contributed by atoms with Crippen molar-refractivity contribution in [2.75, 3.05) is 13.1 Å². The van der Waals surface area contributed by atoms with E-state index in [4.69, 9.17) is 4.74 Å². The molecule has 4 heteroatoms. The Balaban J connectivity index is 2.07. The van der Waals surface area contributed by atoms with E-state index in [1.807, 2.05) is 37.3 Å². The highest BCUT2D eigenvalue weighted by atomic mass is 16.6. The summed E-state index contributed by atoms with van der Waals surface area (Å²) >= 11 is 0. The second-order valence-corrected chi connectivity index (χ2v) is 6.96. The number of nitrogens with zero attached hydrogens (tertiary/aromatic N) is 2. The van der Waals surface area contributed by atoms with Gasteiger partial charge < -0.3 is 9.64 Å². The second-order valence-electron chi connectivity index (χ2n) is 6.96. The van der Waals surface area contributed by atoms with Gasteiger partial charge in [0.2, 0.25) is 0 Å². The monoisotopic (exact) mass is 277 g/mol. The molecule has 0 spiro atoms. The van der Waals surface area contributed by atoms with Crippen molar-refractivity contribution in [2.24, 2.45) is 7.05 Å². The van der Waals surface area contributed by atoms with Crippen LogP contribution in [0.4, 0.5) is 4.79 Å². The summed E-state index contributed by atoms with van der Waals surface area (Å²) in [6, 6.07) is 4.27. The molecule has 0 bridgehead atoms. The summed E-state index contributed by atoms with van der Waals surface area (Å²) in [7, 11) is 2.01. The van der Waals surface area contributed by atoms with Crippen LogP contribution in [0.15, 0.2) is 24.5 Å². The van der Waals surface area contributed by atoms with Crippen molar-refractivity contribution in [3.05, 3.63) is 30.1 Å². The molecular weight excluding hydrogens is 252 g/mol. The van der Waals surface area contributed by atoms with E-state index in [0.717, 1.165) is 19.5 Å². The van der Waals surface area contributed by atoms with Gasteiger partial charge in [-0.25, -0.2) is 9.36 Å². The van der Waals surface area contributed by atoms with Crippen LogP contribution in [0, 0.1) is 0 Å². The minimum absolute atomic E-state index is 0.0190. The van der Waals surface area contributed by atoms with Crippen molar-refractivity contribution in [3.8, 4) is 0 Å². The Labute approximate surface area is 121 Å². The Hall–Kier alpha value is -1.58. The molecule has 1 aromatic heterocycles. The van der Waals surface area contributed by atoms with Crippen LogP contribution in [0.1, 0.15) is 39.7 Å². The topological polar surface area (TPSA) is 33.4 Å². The number of pyridine rings is 1. The fourth-order valence-electron chi connectivity index (χ4n) is 2.58. The summed E-state index contributed by atoms with van der Waals surface area (Å²) in [6.07, 6.45) is 4.87. The van der Waals surface area contributed by atoms with Crippen LogP contribution < -0.4 is 4.57 Å². The first-order valence-corrected chi connectivity index (χ1v) is 7.13. The number of carbonyl (C=O) groups is 1. The van der Waals surface area contributed by atoms with E-state index in [1.165, 1.54) is 5.56 Å². The molecule has 1 aromatic rings. The lowest BCUT2D eigenvalue weighted by molar-refractivity contribution is -0.671. The molecule has 1 atom stereocenters. The number of hydrogen-bond donors (Lipinski definition) is 0. The Morgan fingerprint density at radius 1 is 1.35 bits per heavy atom. The van der Waals surface area contributed by atoms with E-state index in [-0.39, 0.29) is 11.5 Å². The summed E-state index contributed by atoms with van der Waals surface area (Å²) < 4.78 is 7.47. The van der Waals surface area contributed by atoms with Gasteiger partial charge in [-0.2, -0.15) is 0 Å². The van der Waals surface area contributed by atoms with Crippen LogP contribution in [0.25, 0.3) is 0 Å². The first-order valence-electron chi connectivity index (χ1n) is 7.13.